The quantitative estimate of drug-likeness (QED) is 0.484. The Morgan fingerprint density at radius 3 is 1.25 bits per heavy atom. The molecule has 0 aliphatic rings. The van der Waals surface area contributed by atoms with Crippen LogP contribution in [0.5, 0.6) is 0 Å². The molecule has 32 valence electrons. The Kier molecular flexibility index (Phi) is 160. The SMILES string of the molecule is [Cl].[Ni].[O]=[Co]. The molecule has 0 N–H and O–H groups in total. The van der Waals surface area contributed by atoms with Gasteiger partial charge >= 0.3 is 19.5 Å². The van der Waals surface area contributed by atoms with Crippen LogP contribution in [0.1, 0.15) is 0 Å². The maximum atomic E-state index is 7.94. The van der Waals surface area contributed by atoms with Crippen molar-refractivity contribution in [3.63, 3.8) is 0 Å². The molecule has 0 spiro atoms. The van der Waals surface area contributed by atoms with Crippen molar-refractivity contribution in [2.45, 2.75) is 0 Å². The van der Waals surface area contributed by atoms with E-state index in [-0.39, 0.29) is 28.9 Å². The summed E-state index contributed by atoms with van der Waals surface area (Å²) in [4.78, 5) is 0. The van der Waals surface area contributed by atoms with Gasteiger partial charge in [0, 0.05) is 28.9 Å². The van der Waals surface area contributed by atoms with Gasteiger partial charge in [0.25, 0.3) is 0 Å². The van der Waals surface area contributed by atoms with Gasteiger partial charge < -0.3 is 0 Å². The molecule has 0 unspecified atom stereocenters. The first-order valence-electron chi connectivity index (χ1n) is 0.136. The average molecular weight is 169 g/mol. The number of hydrogen-bond donors (Lipinski definition) is 0. The van der Waals surface area contributed by atoms with Crippen LogP contribution >= 0.6 is 12.4 Å². The van der Waals surface area contributed by atoms with Gasteiger partial charge in [-0.25, -0.2) is 0 Å². The van der Waals surface area contributed by atoms with Crippen molar-refractivity contribution in [1.82, 2.24) is 0 Å². The van der Waals surface area contributed by atoms with Crippen LogP contribution in [0.4, 0.5) is 0 Å². The summed E-state index contributed by atoms with van der Waals surface area (Å²) in [5.41, 5.74) is 0. The first kappa shape index (κ1) is 19.5. The predicted molar refractivity (Wildman–Crippen MR) is 6.54 cm³/mol. The summed E-state index contributed by atoms with van der Waals surface area (Å²) >= 11 is 2.31. The standard InChI is InChI=1S/Cl.Co.Ni.O. The van der Waals surface area contributed by atoms with E-state index in [1.54, 1.807) is 0 Å². The van der Waals surface area contributed by atoms with E-state index in [4.69, 9.17) is 3.87 Å². The Morgan fingerprint density at radius 2 is 1.25 bits per heavy atom. The fourth-order valence-corrected chi connectivity index (χ4v) is 0. The van der Waals surface area contributed by atoms with Crippen molar-refractivity contribution >= 4 is 12.4 Å². The molecule has 1 radical (unpaired) electrons. The van der Waals surface area contributed by atoms with Crippen molar-refractivity contribution in [1.29, 1.82) is 0 Å². The average Bonchev–Trinajstić information content (AvgIpc) is 1.00. The molecule has 0 aliphatic carbocycles. The molecule has 0 fully saturated rings. The summed E-state index contributed by atoms with van der Waals surface area (Å²) < 4.78 is 7.94. The van der Waals surface area contributed by atoms with Crippen molar-refractivity contribution in [3.8, 4) is 0 Å². The normalized spacial score (nSPS) is 1.25. The molecule has 0 aromatic carbocycles. The van der Waals surface area contributed by atoms with Crippen LogP contribution in [0.3, 0.4) is 0 Å². The molecule has 0 amide bonds. The van der Waals surface area contributed by atoms with Crippen molar-refractivity contribution in [3.05, 3.63) is 0 Å². The summed E-state index contributed by atoms with van der Waals surface area (Å²) in [5.74, 6) is 0. The monoisotopic (exact) mass is 168 g/mol. The molecular formula is ClCoNiO. The molecule has 0 saturated carbocycles. The second-order valence-corrected chi connectivity index (χ2v) is 0. The minimum atomic E-state index is 0. The van der Waals surface area contributed by atoms with E-state index in [1.165, 1.54) is 0 Å². The number of rotatable bonds is 0. The fraction of sp³-hybridized carbons (Fsp3) is 0. The van der Waals surface area contributed by atoms with Crippen molar-refractivity contribution in [2.75, 3.05) is 0 Å². The molecule has 0 aromatic heterocycles. The molecule has 4 heavy (non-hydrogen) atoms. The zero-order chi connectivity index (χ0) is 2.00. The van der Waals surface area contributed by atoms with Crippen LogP contribution in [-0.4, -0.2) is 0 Å². The van der Waals surface area contributed by atoms with E-state index in [1.807, 2.05) is 0 Å². The van der Waals surface area contributed by atoms with E-state index < -0.39 is 0 Å². The van der Waals surface area contributed by atoms with Gasteiger partial charge in [0.1, 0.15) is 0 Å². The van der Waals surface area contributed by atoms with E-state index in [9.17, 15) is 0 Å². The topological polar surface area (TPSA) is 17.1 Å². The van der Waals surface area contributed by atoms with Gasteiger partial charge in [0.15, 0.2) is 0 Å². The Hall–Kier alpha value is 1.09. The van der Waals surface area contributed by atoms with Gasteiger partial charge in [0.2, 0.25) is 0 Å². The van der Waals surface area contributed by atoms with E-state index in [2.05, 4.69) is 15.7 Å². The molecule has 0 aromatic rings. The molecular weight excluding hydrogens is 169 g/mol. The molecule has 0 aliphatic heterocycles. The summed E-state index contributed by atoms with van der Waals surface area (Å²) in [5, 5.41) is 0. The zero-order valence-electron chi connectivity index (χ0n) is 1.44. The van der Waals surface area contributed by atoms with Gasteiger partial charge in [-0.3, -0.25) is 0 Å². The third-order valence-corrected chi connectivity index (χ3v) is 0. The van der Waals surface area contributed by atoms with Crippen LogP contribution in [-0.2, 0) is 36.0 Å². The van der Waals surface area contributed by atoms with Crippen LogP contribution in [0, 0.1) is 0 Å². The van der Waals surface area contributed by atoms with Crippen LogP contribution in [0.25, 0.3) is 0 Å². The molecule has 4 heteroatoms. The van der Waals surface area contributed by atoms with Gasteiger partial charge in [-0.2, -0.15) is 0 Å². The van der Waals surface area contributed by atoms with Gasteiger partial charge in [0.05, 0.1) is 0 Å². The third-order valence-electron chi connectivity index (χ3n) is 0. The van der Waals surface area contributed by atoms with Gasteiger partial charge in [-0.15, -0.1) is 0 Å². The number of hydrogen-bond acceptors (Lipinski definition) is 1. The van der Waals surface area contributed by atoms with Gasteiger partial charge in [-0.05, 0) is 0 Å². The van der Waals surface area contributed by atoms with E-state index >= 15 is 0 Å². The first-order valence-corrected chi connectivity index (χ1v) is 0.561. The zero-order valence-corrected chi connectivity index (χ0v) is 4.22. The predicted octanol–water partition coefficient (Wildman–Crippen LogP) is 0.566. The maximum absolute atomic E-state index is 7.94. The molecule has 0 saturated heterocycles. The Bertz CT molecular complexity index is 8.00. The molecule has 0 bridgehead atoms. The van der Waals surface area contributed by atoms with Crippen molar-refractivity contribution < 1.29 is 36.0 Å². The minimum absolute atomic E-state index is 0. The van der Waals surface area contributed by atoms with E-state index in [0.717, 1.165) is 0 Å². The summed E-state index contributed by atoms with van der Waals surface area (Å²) in [6.45, 7) is 0. The summed E-state index contributed by atoms with van der Waals surface area (Å²) in [6.07, 6.45) is 0. The summed E-state index contributed by atoms with van der Waals surface area (Å²) in [7, 11) is 0. The summed E-state index contributed by atoms with van der Waals surface area (Å²) in [6, 6.07) is 0. The molecule has 0 rings (SSSR count). The van der Waals surface area contributed by atoms with Crippen LogP contribution in [0.15, 0.2) is 0 Å². The van der Waals surface area contributed by atoms with Crippen molar-refractivity contribution in [2.24, 2.45) is 0 Å². The third kappa shape index (κ3) is 11.4. The van der Waals surface area contributed by atoms with Gasteiger partial charge in [-0.1, -0.05) is 0 Å². The molecule has 0 atom stereocenters. The Labute approximate surface area is 48.6 Å². The Morgan fingerprint density at radius 1 is 1.25 bits per heavy atom. The molecule has 1 nitrogen and oxygen atoms in total. The van der Waals surface area contributed by atoms with Crippen LogP contribution < -0.4 is 0 Å². The fourth-order valence-electron chi connectivity index (χ4n) is 0. The van der Waals surface area contributed by atoms with Crippen LogP contribution in [0.2, 0.25) is 0 Å². The first-order chi connectivity index (χ1) is 1.00. The second-order valence-electron chi connectivity index (χ2n) is 0. The molecule has 0 heterocycles. The van der Waals surface area contributed by atoms with E-state index in [0.29, 0.717) is 0 Å². The Balaban J connectivity index is -0.00000000500. The number of halogens is 1. The second kappa shape index (κ2) is 32.9.